The molecule has 0 unspecified atom stereocenters. The molecule has 0 saturated carbocycles. The molecule has 0 spiro atoms. The van der Waals surface area contributed by atoms with Crippen molar-refractivity contribution in [3.05, 3.63) is 99.6 Å². The summed E-state index contributed by atoms with van der Waals surface area (Å²) >= 11 is 0. The van der Waals surface area contributed by atoms with Crippen LogP contribution >= 0.6 is 0 Å². The minimum Gasteiger partial charge on any atom is -0.494 e. The molecule has 3 aromatic carbocycles. The lowest BCUT2D eigenvalue weighted by molar-refractivity contribution is -0.385. The Hall–Kier alpha value is -4.93. The summed E-state index contributed by atoms with van der Waals surface area (Å²) in [7, 11) is 0. The predicted octanol–water partition coefficient (Wildman–Crippen LogP) is 4.90. The number of para-hydroxylation sites is 1. The highest BCUT2D eigenvalue weighted by Crippen LogP contribution is 2.22. The predicted molar refractivity (Wildman–Crippen MR) is 143 cm³/mol. The summed E-state index contributed by atoms with van der Waals surface area (Å²) in [4.78, 5) is 28.7. The van der Waals surface area contributed by atoms with Crippen molar-refractivity contribution in [2.75, 3.05) is 23.8 Å². The molecule has 196 valence electrons. The number of hydrogen-bond acceptors (Lipinski definition) is 9. The van der Waals surface area contributed by atoms with Gasteiger partial charge >= 0.3 is 0 Å². The molecule has 0 bridgehead atoms. The highest BCUT2D eigenvalue weighted by atomic mass is 16.6. The molecule has 2 N–H and O–H groups in total. The van der Waals surface area contributed by atoms with Crippen LogP contribution in [0.1, 0.15) is 35.3 Å². The third-order valence-corrected chi connectivity index (χ3v) is 5.50. The first-order chi connectivity index (χ1) is 18.5. The monoisotopic (exact) mass is 516 g/mol. The smallest absolute Gasteiger partial charge is 0.288 e. The number of anilines is 2. The van der Waals surface area contributed by atoms with Gasteiger partial charge in [-0.15, -0.1) is 5.10 Å². The van der Waals surface area contributed by atoms with E-state index in [2.05, 4.69) is 20.7 Å². The first kappa shape index (κ1) is 26.1. The molecule has 0 aliphatic heterocycles. The lowest BCUT2D eigenvalue weighted by atomic mass is 10.1. The number of nitrogens with one attached hydrogen (secondary N) is 2. The van der Waals surface area contributed by atoms with Gasteiger partial charge in [0.15, 0.2) is 0 Å². The summed E-state index contributed by atoms with van der Waals surface area (Å²) in [5.41, 5.74) is 1.47. The summed E-state index contributed by atoms with van der Waals surface area (Å²) in [6, 6.07) is 20.8. The normalized spacial score (nSPS) is 10.6. The van der Waals surface area contributed by atoms with Crippen LogP contribution in [0.15, 0.2) is 72.8 Å². The highest BCUT2D eigenvalue weighted by molar-refractivity contribution is 6.00. The second-order valence-electron chi connectivity index (χ2n) is 8.11. The van der Waals surface area contributed by atoms with E-state index >= 15 is 0 Å². The van der Waals surface area contributed by atoms with Gasteiger partial charge in [-0.05, 0) is 55.3 Å². The number of nitro benzene ring substituents is 1. The summed E-state index contributed by atoms with van der Waals surface area (Å²) in [6.07, 6.45) is 0. The number of carbonyl (C=O) groups is 1. The van der Waals surface area contributed by atoms with E-state index in [1.807, 2.05) is 62.4 Å². The SMILES string of the molecule is CCOc1ccc(CNc2nc(NCc3ccc(OCC)cc3)n(C(=O)c3ccccc3[N+](=O)[O-])n2)cc1. The molecule has 0 radical (unpaired) electrons. The maximum Gasteiger partial charge on any atom is 0.288 e. The number of ether oxygens (including phenoxy) is 2. The van der Waals surface area contributed by atoms with Crippen LogP contribution in [0, 0.1) is 10.1 Å². The van der Waals surface area contributed by atoms with Gasteiger partial charge in [0.05, 0.1) is 18.1 Å². The van der Waals surface area contributed by atoms with Crippen molar-refractivity contribution in [3.63, 3.8) is 0 Å². The average Bonchev–Trinajstić information content (AvgIpc) is 3.35. The number of nitrogens with zero attached hydrogens (tertiary/aromatic N) is 4. The lowest BCUT2D eigenvalue weighted by Gasteiger charge is -2.08. The number of carbonyl (C=O) groups excluding carboxylic acids is 1. The maximum atomic E-state index is 13.4. The number of hydrogen-bond donors (Lipinski definition) is 2. The van der Waals surface area contributed by atoms with Crippen LogP contribution in [0.4, 0.5) is 17.6 Å². The first-order valence-corrected chi connectivity index (χ1v) is 12.1. The molecule has 0 aliphatic rings. The van der Waals surface area contributed by atoms with Crippen LogP contribution in [0.25, 0.3) is 0 Å². The molecule has 4 aromatic rings. The van der Waals surface area contributed by atoms with Crippen LogP contribution in [0.5, 0.6) is 11.5 Å². The van der Waals surface area contributed by atoms with Crippen LogP contribution in [0.3, 0.4) is 0 Å². The Bertz CT molecular complexity index is 1390. The molecular formula is C27H28N6O5. The number of nitro groups is 1. The Kier molecular flexibility index (Phi) is 8.50. The fraction of sp³-hybridized carbons (Fsp3) is 0.222. The van der Waals surface area contributed by atoms with Crippen LogP contribution in [-0.2, 0) is 13.1 Å². The first-order valence-electron chi connectivity index (χ1n) is 12.1. The van der Waals surface area contributed by atoms with Gasteiger partial charge in [0.2, 0.25) is 11.9 Å². The minimum absolute atomic E-state index is 0.0930. The largest absolute Gasteiger partial charge is 0.494 e. The standard InChI is InChI=1S/C27H28N6O5/c1-3-37-21-13-9-19(10-14-21)17-28-26-30-27(29-18-20-11-15-22(16-12-20)38-4-2)32(31-26)25(34)23-7-5-6-8-24(23)33(35)36/h5-16H,3-4,17-18H2,1-2H3,(H2,28,29,30,31). The molecule has 38 heavy (non-hydrogen) atoms. The molecule has 1 heterocycles. The Morgan fingerprint density at radius 2 is 1.42 bits per heavy atom. The molecule has 0 atom stereocenters. The summed E-state index contributed by atoms with van der Waals surface area (Å²) in [5.74, 6) is 1.20. The summed E-state index contributed by atoms with van der Waals surface area (Å²) < 4.78 is 12.0. The molecule has 11 nitrogen and oxygen atoms in total. The molecule has 11 heteroatoms. The van der Waals surface area contributed by atoms with Crippen LogP contribution in [-0.4, -0.2) is 38.8 Å². The fourth-order valence-electron chi connectivity index (χ4n) is 3.67. The topological polar surface area (TPSA) is 133 Å². The van der Waals surface area contributed by atoms with Gasteiger partial charge in [-0.2, -0.15) is 9.67 Å². The van der Waals surface area contributed by atoms with Crippen molar-refractivity contribution in [2.45, 2.75) is 26.9 Å². The zero-order chi connectivity index (χ0) is 26.9. The van der Waals surface area contributed by atoms with Gasteiger partial charge in [0.25, 0.3) is 11.6 Å². The van der Waals surface area contributed by atoms with E-state index in [0.29, 0.717) is 26.3 Å². The third kappa shape index (κ3) is 6.44. The Morgan fingerprint density at radius 1 is 0.868 bits per heavy atom. The van der Waals surface area contributed by atoms with E-state index in [9.17, 15) is 14.9 Å². The molecule has 0 aliphatic carbocycles. The third-order valence-electron chi connectivity index (χ3n) is 5.50. The van der Waals surface area contributed by atoms with Crippen molar-refractivity contribution in [2.24, 2.45) is 0 Å². The van der Waals surface area contributed by atoms with E-state index in [0.717, 1.165) is 27.3 Å². The van der Waals surface area contributed by atoms with E-state index in [-0.39, 0.29) is 23.1 Å². The van der Waals surface area contributed by atoms with Gasteiger partial charge in [-0.3, -0.25) is 14.9 Å². The minimum atomic E-state index is -0.673. The molecule has 1 aromatic heterocycles. The average molecular weight is 517 g/mol. The zero-order valence-electron chi connectivity index (χ0n) is 21.1. The lowest BCUT2D eigenvalue weighted by Crippen LogP contribution is -2.18. The van der Waals surface area contributed by atoms with Crippen molar-refractivity contribution >= 4 is 23.5 Å². The van der Waals surface area contributed by atoms with Crippen LogP contribution in [0.2, 0.25) is 0 Å². The fourth-order valence-corrected chi connectivity index (χ4v) is 3.67. The van der Waals surface area contributed by atoms with Gasteiger partial charge in [-0.1, -0.05) is 36.4 Å². The van der Waals surface area contributed by atoms with Gasteiger partial charge < -0.3 is 20.1 Å². The van der Waals surface area contributed by atoms with Crippen molar-refractivity contribution < 1.29 is 19.2 Å². The highest BCUT2D eigenvalue weighted by Gasteiger charge is 2.25. The summed E-state index contributed by atoms with van der Waals surface area (Å²) in [6.45, 7) is 5.73. The van der Waals surface area contributed by atoms with E-state index in [1.165, 1.54) is 18.2 Å². The zero-order valence-corrected chi connectivity index (χ0v) is 21.1. The van der Waals surface area contributed by atoms with E-state index < -0.39 is 10.8 Å². The molecule has 0 fully saturated rings. The van der Waals surface area contributed by atoms with Crippen LogP contribution < -0.4 is 20.1 Å². The quantitative estimate of drug-likeness (QED) is 0.199. The Labute approximate surface area is 219 Å². The Morgan fingerprint density at radius 3 is 1.97 bits per heavy atom. The van der Waals surface area contributed by atoms with Gasteiger partial charge in [0.1, 0.15) is 17.1 Å². The maximum absolute atomic E-state index is 13.4. The number of aromatic nitrogens is 3. The van der Waals surface area contributed by atoms with E-state index in [4.69, 9.17) is 9.47 Å². The Balaban J connectivity index is 1.57. The van der Waals surface area contributed by atoms with Crippen molar-refractivity contribution in [1.29, 1.82) is 0 Å². The second kappa shape index (κ2) is 12.3. The molecule has 0 saturated heterocycles. The molecule has 4 rings (SSSR count). The number of benzene rings is 3. The summed E-state index contributed by atoms with van der Waals surface area (Å²) in [5, 5.41) is 22.1. The second-order valence-corrected chi connectivity index (χ2v) is 8.11. The molecule has 0 amide bonds. The van der Waals surface area contributed by atoms with Gasteiger partial charge in [-0.25, -0.2) is 0 Å². The number of rotatable bonds is 12. The van der Waals surface area contributed by atoms with Crippen molar-refractivity contribution in [1.82, 2.24) is 14.8 Å². The molecular weight excluding hydrogens is 488 g/mol. The van der Waals surface area contributed by atoms with Gasteiger partial charge in [0, 0.05) is 19.2 Å². The van der Waals surface area contributed by atoms with Crippen molar-refractivity contribution in [3.8, 4) is 11.5 Å². The van der Waals surface area contributed by atoms with E-state index in [1.54, 1.807) is 6.07 Å².